The average molecular weight is 370 g/mol. The normalized spacial score (nSPS) is 13.3. The molecule has 0 aromatic heterocycles. The maximum atomic E-state index is 11.9. The number of nitrogens with two attached hydrogens (primary N) is 1. The van der Waals surface area contributed by atoms with Crippen LogP contribution in [0.1, 0.15) is 32.3 Å². The minimum Gasteiger partial charge on any atom is -0.350 e. The smallest absolute Gasteiger partial charge is 0.240 e. The molecule has 19 heavy (non-hydrogen) atoms. The minimum absolute atomic E-state index is 0. The van der Waals surface area contributed by atoms with E-state index in [2.05, 4.69) is 21.2 Å². The average Bonchev–Trinajstić information content (AvgIpc) is 2.27. The van der Waals surface area contributed by atoms with Crippen LogP contribution in [0, 0.1) is 0 Å². The van der Waals surface area contributed by atoms with E-state index in [1.807, 2.05) is 19.1 Å². The quantitative estimate of drug-likeness (QED) is 0.832. The summed E-state index contributed by atoms with van der Waals surface area (Å²) in [6, 6.07) is 5.57. The monoisotopic (exact) mass is 368 g/mol. The van der Waals surface area contributed by atoms with Crippen molar-refractivity contribution in [2.24, 2.45) is 5.73 Å². The van der Waals surface area contributed by atoms with Crippen molar-refractivity contribution in [2.75, 3.05) is 0 Å². The molecule has 0 radical (unpaired) electrons. The molecule has 108 valence electrons. The minimum atomic E-state index is -0.823. The molecule has 1 amide bonds. The summed E-state index contributed by atoms with van der Waals surface area (Å²) >= 11 is 9.41. The van der Waals surface area contributed by atoms with Crippen LogP contribution in [-0.4, -0.2) is 11.4 Å². The second-order valence-electron chi connectivity index (χ2n) is 4.59. The molecule has 1 rings (SSSR count). The van der Waals surface area contributed by atoms with Crippen molar-refractivity contribution in [1.82, 2.24) is 5.32 Å². The Bertz CT molecular complexity index is 439. The molecule has 0 bridgehead atoms. The highest BCUT2D eigenvalue weighted by Gasteiger charge is 2.26. The number of benzene rings is 1. The van der Waals surface area contributed by atoms with Gasteiger partial charge in [-0.2, -0.15) is 0 Å². The molecule has 0 saturated heterocycles. The number of carbonyl (C=O) groups excluding carboxylic acids is 1. The van der Waals surface area contributed by atoms with Crippen LogP contribution in [0.15, 0.2) is 22.7 Å². The third kappa shape index (κ3) is 5.69. The zero-order chi connectivity index (χ0) is 13.8. The zero-order valence-electron chi connectivity index (χ0n) is 11.0. The van der Waals surface area contributed by atoms with Gasteiger partial charge in [0.1, 0.15) is 0 Å². The van der Waals surface area contributed by atoms with Crippen LogP contribution in [-0.2, 0) is 11.3 Å². The van der Waals surface area contributed by atoms with E-state index in [0.717, 1.165) is 16.5 Å². The number of hydrogen-bond acceptors (Lipinski definition) is 2. The molecule has 0 saturated carbocycles. The fraction of sp³-hybridized carbons (Fsp3) is 0.462. The van der Waals surface area contributed by atoms with Gasteiger partial charge in [0.05, 0.1) is 5.54 Å². The lowest BCUT2D eigenvalue weighted by atomic mass is 9.96. The molecule has 0 aliphatic rings. The highest BCUT2D eigenvalue weighted by molar-refractivity contribution is 9.10. The molecule has 1 aromatic rings. The summed E-state index contributed by atoms with van der Waals surface area (Å²) in [5.41, 5.74) is 6.00. The van der Waals surface area contributed by atoms with Crippen LogP contribution in [0.4, 0.5) is 0 Å². The number of carbonyl (C=O) groups is 1. The van der Waals surface area contributed by atoms with Gasteiger partial charge in [-0.25, -0.2) is 0 Å². The summed E-state index contributed by atoms with van der Waals surface area (Å²) in [7, 11) is 0. The predicted octanol–water partition coefficient (Wildman–Crippen LogP) is 3.66. The van der Waals surface area contributed by atoms with E-state index in [1.165, 1.54) is 0 Å². The van der Waals surface area contributed by atoms with Crippen molar-refractivity contribution in [2.45, 2.75) is 38.8 Å². The highest BCUT2D eigenvalue weighted by atomic mass is 79.9. The van der Waals surface area contributed by atoms with Crippen LogP contribution in [0.25, 0.3) is 0 Å². The van der Waals surface area contributed by atoms with Crippen LogP contribution < -0.4 is 11.1 Å². The molecule has 0 aliphatic carbocycles. The van der Waals surface area contributed by atoms with Crippen LogP contribution >= 0.6 is 39.9 Å². The third-order valence-corrected chi connectivity index (χ3v) is 3.59. The van der Waals surface area contributed by atoms with E-state index in [0.29, 0.717) is 18.0 Å². The maximum absolute atomic E-state index is 11.9. The third-order valence-electron chi connectivity index (χ3n) is 2.74. The van der Waals surface area contributed by atoms with Gasteiger partial charge in [-0.05, 0) is 31.0 Å². The first kappa shape index (κ1) is 18.7. The summed E-state index contributed by atoms with van der Waals surface area (Å²) in [6.07, 6.45) is 1.53. The summed E-state index contributed by atoms with van der Waals surface area (Å²) < 4.78 is 0.914. The summed E-state index contributed by atoms with van der Waals surface area (Å²) in [5.74, 6) is -0.150. The molecule has 1 aromatic carbocycles. The lowest BCUT2D eigenvalue weighted by Gasteiger charge is -2.23. The Hall–Kier alpha value is -0.290. The second kappa shape index (κ2) is 8.10. The van der Waals surface area contributed by atoms with Gasteiger partial charge in [0.25, 0.3) is 0 Å². The van der Waals surface area contributed by atoms with E-state index in [1.54, 1.807) is 13.0 Å². The molecular formula is C13H19BrCl2N2O. The van der Waals surface area contributed by atoms with Crippen molar-refractivity contribution in [3.05, 3.63) is 33.3 Å². The van der Waals surface area contributed by atoms with Gasteiger partial charge in [0.2, 0.25) is 5.91 Å². The van der Waals surface area contributed by atoms with Gasteiger partial charge in [-0.3, -0.25) is 4.79 Å². The largest absolute Gasteiger partial charge is 0.350 e. The standard InChI is InChI=1S/C13H18BrClN2O.ClH/c1-3-6-13(2,16)12(18)17-8-9-4-5-10(14)7-11(9)15;/h4-5,7H,3,6,8,16H2,1-2H3,(H,17,18);1H. The lowest BCUT2D eigenvalue weighted by molar-refractivity contribution is -0.126. The van der Waals surface area contributed by atoms with Gasteiger partial charge in [0, 0.05) is 16.0 Å². The van der Waals surface area contributed by atoms with Crippen molar-refractivity contribution < 1.29 is 4.79 Å². The van der Waals surface area contributed by atoms with Gasteiger partial charge in [-0.15, -0.1) is 12.4 Å². The summed E-state index contributed by atoms with van der Waals surface area (Å²) in [6.45, 7) is 4.14. The molecule has 6 heteroatoms. The molecule has 3 nitrogen and oxygen atoms in total. The van der Waals surface area contributed by atoms with E-state index in [9.17, 15) is 4.79 Å². The van der Waals surface area contributed by atoms with Gasteiger partial charge in [0.15, 0.2) is 0 Å². The Balaban J connectivity index is 0.00000324. The second-order valence-corrected chi connectivity index (χ2v) is 5.91. The van der Waals surface area contributed by atoms with E-state index >= 15 is 0 Å². The Morgan fingerprint density at radius 3 is 2.68 bits per heavy atom. The SMILES string of the molecule is CCCC(C)(N)C(=O)NCc1ccc(Br)cc1Cl.Cl. The Labute approximate surface area is 133 Å². The van der Waals surface area contributed by atoms with Gasteiger partial charge in [-0.1, -0.05) is 46.9 Å². The van der Waals surface area contributed by atoms with Gasteiger partial charge < -0.3 is 11.1 Å². The van der Waals surface area contributed by atoms with Crippen molar-refractivity contribution in [3.63, 3.8) is 0 Å². The van der Waals surface area contributed by atoms with Crippen LogP contribution in [0.3, 0.4) is 0 Å². The zero-order valence-corrected chi connectivity index (χ0v) is 14.2. The molecule has 0 heterocycles. The van der Waals surface area contributed by atoms with Crippen molar-refractivity contribution in [3.8, 4) is 0 Å². The summed E-state index contributed by atoms with van der Waals surface area (Å²) in [5, 5.41) is 3.44. The molecule has 0 aliphatic heterocycles. The molecule has 0 spiro atoms. The first-order chi connectivity index (χ1) is 8.36. The topological polar surface area (TPSA) is 55.1 Å². The molecule has 3 N–H and O–H groups in total. The van der Waals surface area contributed by atoms with Gasteiger partial charge >= 0.3 is 0 Å². The predicted molar refractivity (Wildman–Crippen MR) is 85.7 cm³/mol. The van der Waals surface area contributed by atoms with Crippen molar-refractivity contribution in [1.29, 1.82) is 0 Å². The fourth-order valence-electron chi connectivity index (χ4n) is 1.68. The molecule has 1 atom stereocenters. The Kier molecular flexibility index (Phi) is 7.98. The van der Waals surface area contributed by atoms with Crippen LogP contribution in [0.5, 0.6) is 0 Å². The molecule has 0 fully saturated rings. The van der Waals surface area contributed by atoms with Crippen molar-refractivity contribution >= 4 is 45.8 Å². The Morgan fingerprint density at radius 1 is 1.53 bits per heavy atom. The maximum Gasteiger partial charge on any atom is 0.240 e. The first-order valence-electron chi connectivity index (χ1n) is 5.88. The van der Waals surface area contributed by atoms with E-state index in [4.69, 9.17) is 17.3 Å². The number of hydrogen-bond donors (Lipinski definition) is 2. The first-order valence-corrected chi connectivity index (χ1v) is 7.05. The summed E-state index contributed by atoms with van der Waals surface area (Å²) in [4.78, 5) is 11.9. The lowest BCUT2D eigenvalue weighted by Crippen LogP contribution is -2.51. The molecular weight excluding hydrogens is 351 g/mol. The number of nitrogens with one attached hydrogen (secondary N) is 1. The highest BCUT2D eigenvalue weighted by Crippen LogP contribution is 2.21. The Morgan fingerprint density at radius 2 is 2.16 bits per heavy atom. The fourth-order valence-corrected chi connectivity index (χ4v) is 2.42. The van der Waals surface area contributed by atoms with E-state index < -0.39 is 5.54 Å². The number of amides is 1. The van der Waals surface area contributed by atoms with E-state index in [-0.39, 0.29) is 18.3 Å². The number of halogens is 3. The number of rotatable bonds is 5. The van der Waals surface area contributed by atoms with Crippen LogP contribution in [0.2, 0.25) is 5.02 Å². The molecule has 1 unspecified atom stereocenters.